The van der Waals surface area contributed by atoms with Gasteiger partial charge in [0.1, 0.15) is 4.83 Å². The molecule has 0 spiro atoms. The van der Waals surface area contributed by atoms with Crippen molar-refractivity contribution in [2.24, 2.45) is 0 Å². The van der Waals surface area contributed by atoms with E-state index in [-0.39, 0.29) is 10.6 Å². The van der Waals surface area contributed by atoms with Crippen molar-refractivity contribution in [1.82, 2.24) is 4.98 Å². The average Bonchev–Trinajstić information content (AvgIpc) is 2.37. The summed E-state index contributed by atoms with van der Waals surface area (Å²) < 4.78 is 0. The normalized spacial score (nSPS) is 12.2. The Kier molecular flexibility index (Phi) is 3.92. The SMILES string of the molecule is Cc1cc(C)cc(C(=O)[C@H](Br)c2ccncc2)c1. The third-order valence-corrected chi connectivity index (χ3v) is 3.68. The van der Waals surface area contributed by atoms with Gasteiger partial charge >= 0.3 is 0 Å². The Bertz CT molecular complexity index is 546. The molecule has 0 aliphatic rings. The maximum Gasteiger partial charge on any atom is 0.180 e. The van der Waals surface area contributed by atoms with Crippen LogP contribution in [0.4, 0.5) is 0 Å². The Morgan fingerprint density at radius 1 is 1.11 bits per heavy atom. The van der Waals surface area contributed by atoms with Crippen LogP contribution in [0, 0.1) is 13.8 Å². The third kappa shape index (κ3) is 2.85. The molecule has 2 rings (SSSR count). The number of halogens is 1. The zero-order valence-electron chi connectivity index (χ0n) is 10.4. The second-order valence-corrected chi connectivity index (χ2v) is 5.30. The maximum atomic E-state index is 12.4. The lowest BCUT2D eigenvalue weighted by molar-refractivity contribution is 0.0991. The van der Waals surface area contributed by atoms with E-state index < -0.39 is 0 Å². The highest BCUT2D eigenvalue weighted by Crippen LogP contribution is 2.27. The van der Waals surface area contributed by atoms with Crippen LogP contribution in [0.5, 0.6) is 0 Å². The summed E-state index contributed by atoms with van der Waals surface area (Å²) >= 11 is 3.46. The first kappa shape index (κ1) is 13.0. The molecule has 2 aromatic rings. The Balaban J connectivity index is 2.31. The second-order valence-electron chi connectivity index (χ2n) is 4.38. The van der Waals surface area contributed by atoms with Gasteiger partial charge in [-0.3, -0.25) is 9.78 Å². The molecule has 0 saturated heterocycles. The van der Waals surface area contributed by atoms with Gasteiger partial charge in [0.15, 0.2) is 5.78 Å². The Hall–Kier alpha value is -1.48. The predicted molar refractivity (Wildman–Crippen MR) is 76.2 cm³/mol. The summed E-state index contributed by atoms with van der Waals surface area (Å²) in [7, 11) is 0. The van der Waals surface area contributed by atoms with Crippen LogP contribution in [0.15, 0.2) is 42.7 Å². The van der Waals surface area contributed by atoms with E-state index >= 15 is 0 Å². The van der Waals surface area contributed by atoms with Gasteiger partial charge in [-0.15, -0.1) is 0 Å². The van der Waals surface area contributed by atoms with Crippen molar-refractivity contribution in [2.45, 2.75) is 18.7 Å². The number of nitrogens with zero attached hydrogens (tertiary/aromatic N) is 1. The predicted octanol–water partition coefficient (Wildman–Crippen LogP) is 4.02. The summed E-state index contributed by atoms with van der Waals surface area (Å²) in [5.41, 5.74) is 3.88. The van der Waals surface area contributed by atoms with Gasteiger partial charge in [-0.2, -0.15) is 0 Å². The lowest BCUT2D eigenvalue weighted by atomic mass is 10.00. The van der Waals surface area contributed by atoms with E-state index in [1.165, 1.54) is 0 Å². The van der Waals surface area contributed by atoms with Crippen LogP contribution < -0.4 is 0 Å². The summed E-state index contributed by atoms with van der Waals surface area (Å²) in [5, 5.41) is 0. The number of aromatic nitrogens is 1. The van der Waals surface area contributed by atoms with Crippen molar-refractivity contribution in [1.29, 1.82) is 0 Å². The lowest BCUT2D eigenvalue weighted by Crippen LogP contribution is -2.07. The molecule has 0 saturated carbocycles. The van der Waals surface area contributed by atoms with Crippen LogP contribution in [-0.2, 0) is 0 Å². The highest BCUT2D eigenvalue weighted by molar-refractivity contribution is 9.09. The Labute approximate surface area is 115 Å². The van der Waals surface area contributed by atoms with Crippen LogP contribution in [-0.4, -0.2) is 10.8 Å². The van der Waals surface area contributed by atoms with Gasteiger partial charge < -0.3 is 0 Å². The van der Waals surface area contributed by atoms with E-state index in [2.05, 4.69) is 27.0 Å². The summed E-state index contributed by atoms with van der Waals surface area (Å²) in [4.78, 5) is 16.0. The molecular formula is C15H14BrNO. The molecule has 1 atom stereocenters. The monoisotopic (exact) mass is 303 g/mol. The quantitative estimate of drug-likeness (QED) is 0.633. The number of rotatable bonds is 3. The molecule has 18 heavy (non-hydrogen) atoms. The van der Waals surface area contributed by atoms with Crippen molar-refractivity contribution < 1.29 is 4.79 Å². The fourth-order valence-corrected chi connectivity index (χ4v) is 2.52. The largest absolute Gasteiger partial charge is 0.293 e. The Morgan fingerprint density at radius 2 is 1.67 bits per heavy atom. The standard InChI is InChI=1S/C15H14BrNO/c1-10-7-11(2)9-13(8-10)15(18)14(16)12-3-5-17-6-4-12/h3-9,14H,1-2H3/t14-/m1/s1. The van der Waals surface area contributed by atoms with Crippen molar-refractivity contribution in [2.75, 3.05) is 0 Å². The van der Waals surface area contributed by atoms with E-state index in [4.69, 9.17) is 0 Å². The van der Waals surface area contributed by atoms with Crippen LogP contribution >= 0.6 is 15.9 Å². The van der Waals surface area contributed by atoms with Gasteiger partial charge in [-0.05, 0) is 43.7 Å². The highest BCUT2D eigenvalue weighted by atomic mass is 79.9. The minimum atomic E-state index is -0.318. The molecule has 92 valence electrons. The van der Waals surface area contributed by atoms with E-state index in [1.54, 1.807) is 12.4 Å². The first-order valence-electron chi connectivity index (χ1n) is 5.74. The molecule has 0 amide bonds. The Morgan fingerprint density at radius 3 is 2.22 bits per heavy atom. The molecule has 0 aliphatic carbocycles. The van der Waals surface area contributed by atoms with Gasteiger partial charge in [0, 0.05) is 18.0 Å². The first-order chi connectivity index (χ1) is 8.58. The fourth-order valence-electron chi connectivity index (χ4n) is 1.95. The lowest BCUT2D eigenvalue weighted by Gasteiger charge is -2.10. The average molecular weight is 304 g/mol. The van der Waals surface area contributed by atoms with E-state index in [1.807, 2.05) is 38.1 Å². The number of carbonyl (C=O) groups is 1. The zero-order valence-corrected chi connectivity index (χ0v) is 11.9. The van der Waals surface area contributed by atoms with Crippen molar-refractivity contribution in [3.63, 3.8) is 0 Å². The van der Waals surface area contributed by atoms with E-state index in [9.17, 15) is 4.79 Å². The number of Topliss-reactive ketones (excluding diaryl/α,β-unsaturated/α-hetero) is 1. The molecule has 0 radical (unpaired) electrons. The molecular weight excluding hydrogens is 290 g/mol. The number of carbonyl (C=O) groups excluding carboxylic acids is 1. The van der Waals surface area contributed by atoms with Gasteiger partial charge in [0.05, 0.1) is 0 Å². The number of ketones is 1. The number of alkyl halides is 1. The molecule has 0 N–H and O–H groups in total. The van der Waals surface area contributed by atoms with Crippen molar-refractivity contribution in [3.8, 4) is 0 Å². The van der Waals surface area contributed by atoms with Crippen LogP contribution in [0.2, 0.25) is 0 Å². The third-order valence-electron chi connectivity index (χ3n) is 2.74. The zero-order chi connectivity index (χ0) is 13.1. The summed E-state index contributed by atoms with van der Waals surface area (Å²) in [5.74, 6) is 0.0769. The minimum Gasteiger partial charge on any atom is -0.293 e. The summed E-state index contributed by atoms with van der Waals surface area (Å²) in [6.45, 7) is 4.00. The van der Waals surface area contributed by atoms with Crippen LogP contribution in [0.3, 0.4) is 0 Å². The van der Waals surface area contributed by atoms with Crippen molar-refractivity contribution >= 4 is 21.7 Å². The maximum absolute atomic E-state index is 12.4. The number of hydrogen-bond acceptors (Lipinski definition) is 2. The first-order valence-corrected chi connectivity index (χ1v) is 6.66. The minimum absolute atomic E-state index is 0.0769. The molecule has 1 heterocycles. The summed E-state index contributed by atoms with van der Waals surface area (Å²) in [6.07, 6.45) is 3.39. The molecule has 3 heteroatoms. The van der Waals surface area contributed by atoms with Crippen LogP contribution in [0.1, 0.15) is 31.9 Å². The fraction of sp³-hybridized carbons (Fsp3) is 0.200. The van der Waals surface area contributed by atoms with Gasteiger partial charge in [0.2, 0.25) is 0 Å². The van der Waals surface area contributed by atoms with Crippen molar-refractivity contribution in [3.05, 3.63) is 65.0 Å². The molecule has 0 aliphatic heterocycles. The number of pyridine rings is 1. The van der Waals surface area contributed by atoms with Crippen LogP contribution in [0.25, 0.3) is 0 Å². The summed E-state index contributed by atoms with van der Waals surface area (Å²) in [6, 6.07) is 9.60. The topological polar surface area (TPSA) is 30.0 Å². The second kappa shape index (κ2) is 5.44. The van der Waals surface area contributed by atoms with E-state index in [0.717, 1.165) is 22.3 Å². The number of hydrogen-bond donors (Lipinski definition) is 0. The van der Waals surface area contributed by atoms with Gasteiger partial charge in [-0.1, -0.05) is 33.1 Å². The van der Waals surface area contributed by atoms with Gasteiger partial charge in [0.25, 0.3) is 0 Å². The molecule has 0 unspecified atom stereocenters. The molecule has 1 aromatic heterocycles. The smallest absolute Gasteiger partial charge is 0.180 e. The number of aryl methyl sites for hydroxylation is 2. The van der Waals surface area contributed by atoms with E-state index in [0.29, 0.717) is 0 Å². The molecule has 2 nitrogen and oxygen atoms in total. The van der Waals surface area contributed by atoms with Gasteiger partial charge in [-0.25, -0.2) is 0 Å². The molecule has 1 aromatic carbocycles. The molecule has 0 bridgehead atoms. The highest BCUT2D eigenvalue weighted by Gasteiger charge is 2.19. The number of benzene rings is 1. The molecule has 0 fully saturated rings.